The highest BCUT2D eigenvalue weighted by molar-refractivity contribution is 6.35. The molecule has 1 aromatic heterocycles. The van der Waals surface area contributed by atoms with Crippen molar-refractivity contribution in [2.24, 2.45) is 0 Å². The fourth-order valence-electron chi connectivity index (χ4n) is 1.75. The molecule has 2 aromatic rings. The largest absolute Gasteiger partial charge is 0.292 e. The summed E-state index contributed by atoms with van der Waals surface area (Å²) in [5.74, 6) is -0.00132. The number of benzene rings is 1. The Kier molecular flexibility index (Phi) is 4.04. The van der Waals surface area contributed by atoms with Gasteiger partial charge in [0.05, 0.1) is 0 Å². The molecule has 0 aliphatic rings. The molecule has 2 rings (SSSR count). The molecular formula is C13H12Cl2N2O. The van der Waals surface area contributed by atoms with E-state index in [2.05, 4.69) is 5.10 Å². The van der Waals surface area contributed by atoms with Crippen molar-refractivity contribution in [1.29, 1.82) is 0 Å². The van der Waals surface area contributed by atoms with Gasteiger partial charge in [0.25, 0.3) is 0 Å². The third-order valence-electron chi connectivity index (χ3n) is 2.67. The minimum atomic E-state index is -0.00132. The maximum absolute atomic E-state index is 12.1. The number of rotatable bonds is 4. The molecule has 0 saturated carbocycles. The van der Waals surface area contributed by atoms with E-state index < -0.39 is 0 Å². The Bertz CT molecular complexity index is 578. The van der Waals surface area contributed by atoms with Gasteiger partial charge in [-0.05, 0) is 30.7 Å². The number of Topliss-reactive ketones (excluding diaryl/α,β-unsaturated/α-hetero) is 1. The predicted molar refractivity (Wildman–Crippen MR) is 72.4 cm³/mol. The van der Waals surface area contributed by atoms with Gasteiger partial charge in [-0.25, -0.2) is 0 Å². The lowest BCUT2D eigenvalue weighted by Gasteiger charge is -2.06. The van der Waals surface area contributed by atoms with Gasteiger partial charge >= 0.3 is 0 Å². The van der Waals surface area contributed by atoms with E-state index >= 15 is 0 Å². The van der Waals surface area contributed by atoms with Crippen molar-refractivity contribution in [3.63, 3.8) is 0 Å². The van der Waals surface area contributed by atoms with Gasteiger partial charge in [0, 0.05) is 29.2 Å². The second kappa shape index (κ2) is 5.55. The first-order valence-corrected chi connectivity index (χ1v) is 6.36. The number of aryl methyl sites for hydroxylation is 1. The average Bonchev–Trinajstić information content (AvgIpc) is 2.81. The Balaban J connectivity index is 2.21. The fourth-order valence-corrected chi connectivity index (χ4v) is 2.23. The summed E-state index contributed by atoms with van der Waals surface area (Å²) >= 11 is 11.9. The highest BCUT2D eigenvalue weighted by Crippen LogP contribution is 2.22. The van der Waals surface area contributed by atoms with Crippen molar-refractivity contribution in [1.82, 2.24) is 9.78 Å². The second-order valence-corrected chi connectivity index (χ2v) is 4.71. The molecule has 0 saturated heterocycles. The lowest BCUT2D eigenvalue weighted by Crippen LogP contribution is -2.11. The molecule has 0 N–H and O–H groups in total. The number of halogens is 2. The van der Waals surface area contributed by atoms with Gasteiger partial charge < -0.3 is 0 Å². The molecule has 5 heteroatoms. The van der Waals surface area contributed by atoms with Crippen molar-refractivity contribution in [2.75, 3.05) is 0 Å². The van der Waals surface area contributed by atoms with E-state index in [1.807, 2.05) is 6.92 Å². The molecule has 0 aliphatic carbocycles. The minimum absolute atomic E-state index is 0.00132. The molecule has 94 valence electrons. The van der Waals surface area contributed by atoms with Crippen molar-refractivity contribution in [3.8, 4) is 0 Å². The highest BCUT2D eigenvalue weighted by Gasteiger charge is 2.13. The van der Waals surface area contributed by atoms with E-state index in [1.54, 1.807) is 35.1 Å². The minimum Gasteiger partial charge on any atom is -0.292 e. The Labute approximate surface area is 115 Å². The summed E-state index contributed by atoms with van der Waals surface area (Å²) in [5, 5.41) is 5.15. The summed E-state index contributed by atoms with van der Waals surface area (Å²) in [6.07, 6.45) is 1.88. The highest BCUT2D eigenvalue weighted by atomic mass is 35.5. The maximum atomic E-state index is 12.1. The molecular weight excluding hydrogens is 271 g/mol. The number of hydrogen-bond acceptors (Lipinski definition) is 2. The second-order valence-electron chi connectivity index (χ2n) is 3.87. The van der Waals surface area contributed by atoms with E-state index in [0.29, 0.717) is 22.3 Å². The number of carbonyl (C=O) groups is 1. The quantitative estimate of drug-likeness (QED) is 0.803. The van der Waals surface area contributed by atoms with Crippen molar-refractivity contribution < 1.29 is 4.79 Å². The molecule has 0 radical (unpaired) electrons. The van der Waals surface area contributed by atoms with Crippen LogP contribution in [0.4, 0.5) is 0 Å². The van der Waals surface area contributed by atoms with Gasteiger partial charge in [-0.15, -0.1) is 0 Å². The first-order valence-electron chi connectivity index (χ1n) is 5.60. The first-order chi connectivity index (χ1) is 8.61. The molecule has 0 amide bonds. The lowest BCUT2D eigenvalue weighted by molar-refractivity contribution is 0.0983. The van der Waals surface area contributed by atoms with Crippen LogP contribution in [0, 0.1) is 0 Å². The predicted octanol–water partition coefficient (Wildman–Crippen LogP) is 3.64. The van der Waals surface area contributed by atoms with Crippen molar-refractivity contribution >= 4 is 29.0 Å². The molecule has 0 unspecified atom stereocenters. The van der Waals surface area contributed by atoms with Crippen LogP contribution in [0.3, 0.4) is 0 Å². The first kappa shape index (κ1) is 13.1. The van der Waals surface area contributed by atoms with Crippen LogP contribution in [0.15, 0.2) is 30.5 Å². The van der Waals surface area contributed by atoms with Gasteiger partial charge in [0.2, 0.25) is 0 Å². The van der Waals surface area contributed by atoms with Crippen molar-refractivity contribution in [3.05, 3.63) is 51.8 Å². The van der Waals surface area contributed by atoms with E-state index in [1.165, 1.54) is 0 Å². The van der Waals surface area contributed by atoms with Gasteiger partial charge in [0.1, 0.15) is 5.69 Å². The zero-order valence-corrected chi connectivity index (χ0v) is 11.4. The summed E-state index contributed by atoms with van der Waals surface area (Å²) in [6.45, 7) is 2.61. The van der Waals surface area contributed by atoms with Gasteiger partial charge in [0.15, 0.2) is 5.78 Å². The summed E-state index contributed by atoms with van der Waals surface area (Å²) < 4.78 is 1.67. The SMILES string of the molecule is CCn1nccc1C(=O)Cc1ccc(Cl)cc1Cl. The normalized spacial score (nSPS) is 10.6. The zero-order valence-electron chi connectivity index (χ0n) is 9.86. The van der Waals surface area contributed by atoms with Gasteiger partial charge in [-0.3, -0.25) is 9.48 Å². The van der Waals surface area contributed by atoms with Crippen LogP contribution in [0.25, 0.3) is 0 Å². The van der Waals surface area contributed by atoms with Crippen LogP contribution in [-0.4, -0.2) is 15.6 Å². The van der Waals surface area contributed by atoms with Crippen LogP contribution < -0.4 is 0 Å². The summed E-state index contributed by atoms with van der Waals surface area (Å²) in [5.41, 5.74) is 1.37. The molecule has 0 aliphatic heterocycles. The average molecular weight is 283 g/mol. The molecule has 0 bridgehead atoms. The molecule has 1 aromatic carbocycles. The van der Waals surface area contributed by atoms with Gasteiger partial charge in [-0.1, -0.05) is 29.3 Å². The fraction of sp³-hybridized carbons (Fsp3) is 0.231. The van der Waals surface area contributed by atoms with E-state index in [-0.39, 0.29) is 12.2 Å². The molecule has 1 heterocycles. The Morgan fingerprint density at radius 2 is 2.11 bits per heavy atom. The van der Waals surface area contributed by atoms with Crippen LogP contribution in [0.2, 0.25) is 10.0 Å². The summed E-state index contributed by atoms with van der Waals surface area (Å²) in [4.78, 5) is 12.1. The zero-order chi connectivity index (χ0) is 13.1. The number of nitrogens with zero attached hydrogens (tertiary/aromatic N) is 2. The van der Waals surface area contributed by atoms with Crippen molar-refractivity contribution in [2.45, 2.75) is 19.9 Å². The summed E-state index contributed by atoms with van der Waals surface area (Å²) in [7, 11) is 0. The Hall–Kier alpha value is -1.32. The van der Waals surface area contributed by atoms with Crippen LogP contribution in [0.1, 0.15) is 23.0 Å². The molecule has 3 nitrogen and oxygen atoms in total. The monoisotopic (exact) mass is 282 g/mol. The van der Waals surface area contributed by atoms with E-state index in [0.717, 1.165) is 5.56 Å². The van der Waals surface area contributed by atoms with E-state index in [9.17, 15) is 4.79 Å². The third kappa shape index (κ3) is 2.74. The topological polar surface area (TPSA) is 34.9 Å². The van der Waals surface area contributed by atoms with Crippen LogP contribution >= 0.6 is 23.2 Å². The lowest BCUT2D eigenvalue weighted by atomic mass is 10.1. The number of aromatic nitrogens is 2. The standard InChI is InChI=1S/C13H12Cl2N2O/c1-2-17-12(5-6-16-17)13(18)7-9-3-4-10(14)8-11(9)15/h3-6,8H,2,7H2,1H3. The van der Waals surface area contributed by atoms with E-state index in [4.69, 9.17) is 23.2 Å². The number of hydrogen-bond donors (Lipinski definition) is 0. The van der Waals surface area contributed by atoms with Crippen LogP contribution in [0.5, 0.6) is 0 Å². The molecule has 18 heavy (non-hydrogen) atoms. The van der Waals surface area contributed by atoms with Gasteiger partial charge in [-0.2, -0.15) is 5.10 Å². The smallest absolute Gasteiger partial charge is 0.185 e. The molecule has 0 atom stereocenters. The number of carbonyl (C=O) groups excluding carboxylic acids is 1. The molecule has 0 spiro atoms. The Morgan fingerprint density at radius 3 is 2.78 bits per heavy atom. The summed E-state index contributed by atoms with van der Waals surface area (Å²) in [6, 6.07) is 6.86. The molecule has 0 fully saturated rings. The third-order valence-corrected chi connectivity index (χ3v) is 3.25. The van der Waals surface area contributed by atoms with Crippen LogP contribution in [-0.2, 0) is 13.0 Å². The number of ketones is 1. The maximum Gasteiger partial charge on any atom is 0.185 e. The Morgan fingerprint density at radius 1 is 1.33 bits per heavy atom.